The fourth-order valence-corrected chi connectivity index (χ4v) is 2.64. The first-order chi connectivity index (χ1) is 8.66. The van der Waals surface area contributed by atoms with E-state index in [-0.39, 0.29) is 11.7 Å². The third-order valence-electron chi connectivity index (χ3n) is 3.78. The molecule has 1 saturated carbocycles. The number of phenols is 1. The van der Waals surface area contributed by atoms with Crippen LogP contribution in [-0.2, 0) is 11.2 Å². The minimum atomic E-state index is 0.146. The molecule has 0 atom stereocenters. The molecule has 1 N–H and O–H groups in total. The lowest BCUT2D eigenvalue weighted by Crippen LogP contribution is -2.39. The summed E-state index contributed by atoms with van der Waals surface area (Å²) < 4.78 is 0. The van der Waals surface area contributed by atoms with Crippen LogP contribution >= 0.6 is 0 Å². The summed E-state index contributed by atoms with van der Waals surface area (Å²) in [7, 11) is 1.90. The zero-order valence-electron chi connectivity index (χ0n) is 10.9. The summed E-state index contributed by atoms with van der Waals surface area (Å²) in [5, 5.41) is 9.39. The van der Waals surface area contributed by atoms with Crippen molar-refractivity contribution in [3.05, 3.63) is 29.8 Å². The second-order valence-corrected chi connectivity index (χ2v) is 5.14. The van der Waals surface area contributed by atoms with Crippen LogP contribution in [0.3, 0.4) is 0 Å². The molecule has 0 bridgehead atoms. The summed E-state index contributed by atoms with van der Waals surface area (Å²) in [5.41, 5.74) is 0.877. The Morgan fingerprint density at radius 1 is 1.33 bits per heavy atom. The number of phenolic OH excluding ortho intramolecular Hbond substituents is 1. The lowest BCUT2D eigenvalue weighted by Gasteiger charge is -2.31. The number of carbonyl (C=O) groups is 1. The predicted molar refractivity (Wildman–Crippen MR) is 71.5 cm³/mol. The van der Waals surface area contributed by atoms with Crippen molar-refractivity contribution in [3.63, 3.8) is 0 Å². The van der Waals surface area contributed by atoms with Gasteiger partial charge >= 0.3 is 0 Å². The van der Waals surface area contributed by atoms with Gasteiger partial charge in [-0.2, -0.15) is 0 Å². The summed E-state index contributed by atoms with van der Waals surface area (Å²) in [5.74, 6) is 0.369. The Morgan fingerprint density at radius 3 is 2.72 bits per heavy atom. The molecule has 0 heterocycles. The first-order valence-corrected chi connectivity index (χ1v) is 6.70. The maximum Gasteiger partial charge on any atom is 0.226 e. The summed E-state index contributed by atoms with van der Waals surface area (Å²) in [4.78, 5) is 14.1. The van der Waals surface area contributed by atoms with Crippen LogP contribution in [0.2, 0.25) is 0 Å². The van der Waals surface area contributed by atoms with Gasteiger partial charge in [0.1, 0.15) is 5.75 Å². The molecule has 0 spiro atoms. The van der Waals surface area contributed by atoms with E-state index in [9.17, 15) is 9.90 Å². The Labute approximate surface area is 108 Å². The quantitative estimate of drug-likeness (QED) is 0.892. The van der Waals surface area contributed by atoms with Crippen LogP contribution in [0, 0.1) is 0 Å². The third kappa shape index (κ3) is 3.25. The zero-order chi connectivity index (χ0) is 13.0. The van der Waals surface area contributed by atoms with E-state index in [1.54, 1.807) is 18.2 Å². The minimum absolute atomic E-state index is 0.146. The van der Waals surface area contributed by atoms with Gasteiger partial charge < -0.3 is 10.0 Å². The summed E-state index contributed by atoms with van der Waals surface area (Å²) in [6.45, 7) is 0. The first kappa shape index (κ1) is 12.9. The Hall–Kier alpha value is -1.51. The van der Waals surface area contributed by atoms with Crippen molar-refractivity contribution in [2.45, 2.75) is 44.6 Å². The third-order valence-corrected chi connectivity index (χ3v) is 3.78. The minimum Gasteiger partial charge on any atom is -0.508 e. The number of carbonyl (C=O) groups excluding carboxylic acids is 1. The highest BCUT2D eigenvalue weighted by Crippen LogP contribution is 2.22. The van der Waals surface area contributed by atoms with Crippen LogP contribution in [0.1, 0.15) is 37.7 Å². The summed E-state index contributed by atoms with van der Waals surface area (Å²) in [6, 6.07) is 7.35. The van der Waals surface area contributed by atoms with E-state index in [1.807, 2.05) is 18.0 Å². The number of nitrogens with zero attached hydrogens (tertiary/aromatic N) is 1. The fourth-order valence-electron chi connectivity index (χ4n) is 2.64. The lowest BCUT2D eigenvalue weighted by molar-refractivity contribution is -0.131. The molecule has 1 aromatic rings. The number of rotatable bonds is 3. The van der Waals surface area contributed by atoms with E-state index >= 15 is 0 Å². The van der Waals surface area contributed by atoms with Crippen molar-refractivity contribution < 1.29 is 9.90 Å². The topological polar surface area (TPSA) is 40.5 Å². The molecule has 3 nitrogen and oxygen atoms in total. The highest BCUT2D eigenvalue weighted by atomic mass is 16.3. The number of benzene rings is 1. The van der Waals surface area contributed by atoms with Gasteiger partial charge in [-0.3, -0.25) is 4.79 Å². The molecule has 1 aliphatic rings. The van der Waals surface area contributed by atoms with E-state index in [2.05, 4.69) is 0 Å². The molecule has 18 heavy (non-hydrogen) atoms. The van der Waals surface area contributed by atoms with Crippen molar-refractivity contribution in [2.75, 3.05) is 7.05 Å². The van der Waals surface area contributed by atoms with Gasteiger partial charge in [0, 0.05) is 13.1 Å². The zero-order valence-corrected chi connectivity index (χ0v) is 10.9. The normalized spacial score (nSPS) is 16.5. The van der Waals surface area contributed by atoms with Crippen molar-refractivity contribution in [3.8, 4) is 5.75 Å². The van der Waals surface area contributed by atoms with E-state index in [0.29, 0.717) is 12.5 Å². The second kappa shape index (κ2) is 5.89. The van der Waals surface area contributed by atoms with E-state index in [4.69, 9.17) is 0 Å². The molecule has 0 radical (unpaired) electrons. The summed E-state index contributed by atoms with van der Waals surface area (Å²) >= 11 is 0. The molecule has 1 fully saturated rings. The molecule has 98 valence electrons. The molecule has 0 aliphatic heterocycles. The number of amides is 1. The van der Waals surface area contributed by atoms with Gasteiger partial charge in [-0.15, -0.1) is 0 Å². The van der Waals surface area contributed by atoms with E-state index < -0.39 is 0 Å². The van der Waals surface area contributed by atoms with Crippen LogP contribution in [0.25, 0.3) is 0 Å². The highest BCUT2D eigenvalue weighted by Gasteiger charge is 2.21. The van der Waals surface area contributed by atoms with Crippen molar-refractivity contribution in [1.82, 2.24) is 4.90 Å². The molecule has 0 unspecified atom stereocenters. The lowest BCUT2D eigenvalue weighted by atomic mass is 9.94. The number of hydrogen-bond acceptors (Lipinski definition) is 2. The van der Waals surface area contributed by atoms with Crippen LogP contribution in [0.15, 0.2) is 24.3 Å². The molecule has 3 heteroatoms. The second-order valence-electron chi connectivity index (χ2n) is 5.14. The Balaban J connectivity index is 1.94. The Morgan fingerprint density at radius 2 is 2.06 bits per heavy atom. The number of aromatic hydroxyl groups is 1. The highest BCUT2D eigenvalue weighted by molar-refractivity contribution is 5.78. The van der Waals surface area contributed by atoms with Crippen molar-refractivity contribution in [1.29, 1.82) is 0 Å². The smallest absolute Gasteiger partial charge is 0.226 e. The van der Waals surface area contributed by atoms with Crippen LogP contribution in [0.5, 0.6) is 5.75 Å². The molecular formula is C15H21NO2. The fraction of sp³-hybridized carbons (Fsp3) is 0.533. The monoisotopic (exact) mass is 247 g/mol. The maximum absolute atomic E-state index is 12.2. The van der Waals surface area contributed by atoms with Crippen molar-refractivity contribution in [2.24, 2.45) is 0 Å². The average molecular weight is 247 g/mol. The van der Waals surface area contributed by atoms with E-state index in [1.165, 1.54) is 19.3 Å². The van der Waals surface area contributed by atoms with Crippen molar-refractivity contribution >= 4 is 5.91 Å². The van der Waals surface area contributed by atoms with Gasteiger partial charge in [0.15, 0.2) is 0 Å². The molecule has 0 saturated heterocycles. The summed E-state index contributed by atoms with van der Waals surface area (Å²) in [6.07, 6.45) is 6.39. The average Bonchev–Trinajstić information content (AvgIpc) is 2.39. The molecule has 0 aromatic heterocycles. The van der Waals surface area contributed by atoms with Gasteiger partial charge in [-0.1, -0.05) is 31.4 Å². The Bertz CT molecular complexity index is 411. The van der Waals surface area contributed by atoms with Gasteiger partial charge in [0.05, 0.1) is 6.42 Å². The number of likely N-dealkylation sites (N-methyl/N-ethyl adjacent to an activating group) is 1. The van der Waals surface area contributed by atoms with Crippen LogP contribution < -0.4 is 0 Å². The predicted octanol–water partition coefficient (Wildman–Crippen LogP) is 2.73. The SMILES string of the molecule is CN(C(=O)Cc1cccc(O)c1)C1CCCCC1. The first-order valence-electron chi connectivity index (χ1n) is 6.70. The maximum atomic E-state index is 12.2. The van der Waals surface area contributed by atoms with Gasteiger partial charge in [0.2, 0.25) is 5.91 Å². The largest absolute Gasteiger partial charge is 0.508 e. The molecule has 1 aromatic carbocycles. The van der Waals surface area contributed by atoms with Gasteiger partial charge in [0.25, 0.3) is 0 Å². The number of hydrogen-bond donors (Lipinski definition) is 1. The molecule has 2 rings (SSSR count). The molecule has 1 aliphatic carbocycles. The standard InChI is InChI=1S/C15H21NO2/c1-16(13-7-3-2-4-8-13)15(18)11-12-6-5-9-14(17)10-12/h5-6,9-10,13,17H,2-4,7-8,11H2,1H3. The Kier molecular flexibility index (Phi) is 4.24. The molecular weight excluding hydrogens is 226 g/mol. The van der Waals surface area contributed by atoms with Gasteiger partial charge in [-0.25, -0.2) is 0 Å². The molecule has 1 amide bonds. The van der Waals surface area contributed by atoms with Crippen LogP contribution in [-0.4, -0.2) is 29.0 Å². The van der Waals surface area contributed by atoms with E-state index in [0.717, 1.165) is 18.4 Å². The van der Waals surface area contributed by atoms with Crippen LogP contribution in [0.4, 0.5) is 0 Å². The van der Waals surface area contributed by atoms with Gasteiger partial charge in [-0.05, 0) is 30.5 Å².